The van der Waals surface area contributed by atoms with E-state index in [-0.39, 0.29) is 36.4 Å². The van der Waals surface area contributed by atoms with Crippen molar-refractivity contribution in [1.82, 2.24) is 30.5 Å². The Balaban J connectivity index is 1.27. The highest BCUT2D eigenvalue weighted by Crippen LogP contribution is 2.29. The van der Waals surface area contributed by atoms with E-state index >= 15 is 0 Å². The average molecular weight is 485 g/mol. The first-order chi connectivity index (χ1) is 16.3. The number of rotatable bonds is 5. The molecule has 4 amide bonds. The lowest BCUT2D eigenvalue weighted by Crippen LogP contribution is -2.52. The first-order valence-corrected chi connectivity index (χ1v) is 12.2. The maximum atomic E-state index is 12.9. The van der Waals surface area contributed by atoms with Gasteiger partial charge in [0.2, 0.25) is 11.8 Å². The van der Waals surface area contributed by atoms with Gasteiger partial charge in [-0.15, -0.1) is 5.10 Å². The van der Waals surface area contributed by atoms with Crippen molar-refractivity contribution in [3.8, 4) is 5.69 Å². The summed E-state index contributed by atoms with van der Waals surface area (Å²) in [5, 5.41) is 13.2. The fourth-order valence-electron chi connectivity index (χ4n) is 4.33. The second-order valence-corrected chi connectivity index (χ2v) is 9.93. The standard InChI is InChI=1S/C22H24N6O5S/c1-22(12-34-7-6-33-22)11-23-19(30)16-10-28(26-25-16)14-2-3-15-13(8-14)9-27(21(15)32)17-4-5-18(29)24-20(17)31/h2-3,8,10,17H,4-7,9,11-12H2,1H3,(H,23,30)(H,24,29,31). The number of imide groups is 1. The topological polar surface area (TPSA) is 136 Å². The van der Waals surface area contributed by atoms with Crippen molar-refractivity contribution in [2.45, 2.75) is 38.0 Å². The van der Waals surface area contributed by atoms with E-state index in [4.69, 9.17) is 4.74 Å². The maximum absolute atomic E-state index is 12.9. The molecule has 178 valence electrons. The third-order valence-electron chi connectivity index (χ3n) is 6.21. The molecule has 2 N–H and O–H groups in total. The van der Waals surface area contributed by atoms with Crippen LogP contribution in [-0.2, 0) is 20.9 Å². The number of hydrogen-bond donors (Lipinski definition) is 2. The van der Waals surface area contributed by atoms with E-state index < -0.39 is 17.6 Å². The lowest BCUT2D eigenvalue weighted by atomic mass is 10.0. The molecule has 0 radical (unpaired) electrons. The van der Waals surface area contributed by atoms with Gasteiger partial charge in [-0.05, 0) is 37.1 Å². The van der Waals surface area contributed by atoms with Crippen LogP contribution in [0.25, 0.3) is 5.69 Å². The van der Waals surface area contributed by atoms with Crippen molar-refractivity contribution in [3.05, 3.63) is 41.2 Å². The predicted molar refractivity (Wildman–Crippen MR) is 121 cm³/mol. The smallest absolute Gasteiger partial charge is 0.273 e. The Morgan fingerprint density at radius 3 is 2.97 bits per heavy atom. The third-order valence-corrected chi connectivity index (χ3v) is 7.48. The van der Waals surface area contributed by atoms with Crippen molar-refractivity contribution in [2.24, 2.45) is 0 Å². The number of fused-ring (bicyclic) bond motifs is 1. The van der Waals surface area contributed by atoms with Crippen molar-refractivity contribution >= 4 is 35.4 Å². The SMILES string of the molecule is CC1(CNC(=O)c2cn(-c3ccc4c(c3)CN(C3CCC(=O)NC3=O)C4=O)nn2)CSCCO1. The largest absolute Gasteiger partial charge is 0.372 e. The molecule has 0 spiro atoms. The molecular formula is C22H24N6O5S. The van der Waals surface area contributed by atoms with Crippen molar-refractivity contribution in [3.63, 3.8) is 0 Å². The highest BCUT2D eigenvalue weighted by Gasteiger charge is 2.39. The number of piperidine rings is 1. The Labute approximate surface area is 199 Å². The minimum Gasteiger partial charge on any atom is -0.372 e. The second-order valence-electron chi connectivity index (χ2n) is 8.82. The minimum absolute atomic E-state index is 0.175. The van der Waals surface area contributed by atoms with E-state index in [0.717, 1.165) is 17.1 Å². The lowest BCUT2D eigenvalue weighted by Gasteiger charge is -2.33. The number of aromatic nitrogens is 3. The number of carbonyl (C=O) groups is 4. The molecule has 11 nitrogen and oxygen atoms in total. The summed E-state index contributed by atoms with van der Waals surface area (Å²) in [5.41, 5.74) is 1.66. The molecule has 2 saturated heterocycles. The van der Waals surface area contributed by atoms with Gasteiger partial charge in [0.25, 0.3) is 11.8 Å². The summed E-state index contributed by atoms with van der Waals surface area (Å²) in [6, 6.07) is 4.52. The van der Waals surface area contributed by atoms with Gasteiger partial charge in [0.05, 0.1) is 24.1 Å². The van der Waals surface area contributed by atoms with Crippen molar-refractivity contribution < 1.29 is 23.9 Å². The Bertz CT molecular complexity index is 1170. The van der Waals surface area contributed by atoms with Crippen LogP contribution in [0.5, 0.6) is 0 Å². The number of ether oxygens (including phenoxy) is 1. The van der Waals surface area contributed by atoms with Crippen LogP contribution in [0.3, 0.4) is 0 Å². The molecule has 2 atom stereocenters. The third kappa shape index (κ3) is 4.30. The van der Waals surface area contributed by atoms with Crippen LogP contribution in [-0.4, -0.2) is 79.8 Å². The minimum atomic E-state index is -0.670. The summed E-state index contributed by atoms with van der Waals surface area (Å²) in [4.78, 5) is 50.6. The van der Waals surface area contributed by atoms with E-state index in [1.165, 1.54) is 15.8 Å². The van der Waals surface area contributed by atoms with Gasteiger partial charge in [-0.3, -0.25) is 24.5 Å². The number of benzene rings is 1. The van der Waals surface area contributed by atoms with Crippen LogP contribution in [0, 0.1) is 0 Å². The second kappa shape index (κ2) is 8.84. The van der Waals surface area contributed by atoms with Gasteiger partial charge >= 0.3 is 0 Å². The van der Waals surface area contributed by atoms with Crippen LogP contribution < -0.4 is 10.6 Å². The van der Waals surface area contributed by atoms with Crippen molar-refractivity contribution in [1.29, 1.82) is 0 Å². The fraction of sp³-hybridized carbons (Fsp3) is 0.455. The number of nitrogens with one attached hydrogen (secondary N) is 2. The Hall–Kier alpha value is -3.25. The van der Waals surface area contributed by atoms with Crippen LogP contribution in [0.1, 0.15) is 46.2 Å². The highest BCUT2D eigenvalue weighted by molar-refractivity contribution is 7.99. The Morgan fingerprint density at radius 2 is 2.21 bits per heavy atom. The number of thioether (sulfide) groups is 1. The van der Waals surface area contributed by atoms with Gasteiger partial charge in [-0.25, -0.2) is 4.68 Å². The first-order valence-electron chi connectivity index (χ1n) is 11.0. The van der Waals surface area contributed by atoms with E-state index in [0.29, 0.717) is 30.8 Å². The normalized spacial score (nSPS) is 24.7. The molecule has 1 aromatic carbocycles. The molecule has 1 aromatic heterocycles. The number of carbonyl (C=O) groups excluding carboxylic acids is 4. The first kappa shape index (κ1) is 22.5. The van der Waals surface area contributed by atoms with Crippen LogP contribution >= 0.6 is 11.8 Å². The van der Waals surface area contributed by atoms with E-state index in [2.05, 4.69) is 20.9 Å². The molecule has 0 aliphatic carbocycles. The molecule has 0 bridgehead atoms. The van der Waals surface area contributed by atoms with Crippen LogP contribution in [0.4, 0.5) is 0 Å². The molecule has 2 fully saturated rings. The van der Waals surface area contributed by atoms with Gasteiger partial charge < -0.3 is 15.0 Å². The van der Waals surface area contributed by atoms with Gasteiger partial charge in [-0.1, -0.05) is 5.21 Å². The summed E-state index contributed by atoms with van der Waals surface area (Å²) in [5.74, 6) is 0.408. The highest BCUT2D eigenvalue weighted by atomic mass is 32.2. The van der Waals surface area contributed by atoms with Gasteiger partial charge in [-0.2, -0.15) is 11.8 Å². The van der Waals surface area contributed by atoms with E-state index in [9.17, 15) is 19.2 Å². The average Bonchev–Trinajstić information content (AvgIpc) is 3.43. The molecule has 0 saturated carbocycles. The van der Waals surface area contributed by atoms with E-state index in [1.54, 1.807) is 30.0 Å². The zero-order valence-corrected chi connectivity index (χ0v) is 19.4. The molecule has 3 aliphatic rings. The zero-order valence-electron chi connectivity index (χ0n) is 18.6. The van der Waals surface area contributed by atoms with Crippen LogP contribution in [0.2, 0.25) is 0 Å². The summed E-state index contributed by atoms with van der Waals surface area (Å²) in [6.07, 6.45) is 2.04. The molecular weight excluding hydrogens is 460 g/mol. The quantitative estimate of drug-likeness (QED) is 0.578. The summed E-state index contributed by atoms with van der Waals surface area (Å²) in [7, 11) is 0. The molecule has 2 unspecified atom stereocenters. The fourth-order valence-corrected chi connectivity index (χ4v) is 5.30. The summed E-state index contributed by atoms with van der Waals surface area (Å²) in [6.45, 7) is 3.27. The number of nitrogens with zero attached hydrogens (tertiary/aromatic N) is 4. The van der Waals surface area contributed by atoms with E-state index in [1.807, 2.05) is 6.92 Å². The maximum Gasteiger partial charge on any atom is 0.273 e. The lowest BCUT2D eigenvalue weighted by molar-refractivity contribution is -0.136. The number of hydrogen-bond acceptors (Lipinski definition) is 8. The molecule has 3 aliphatic heterocycles. The molecule has 12 heteroatoms. The summed E-state index contributed by atoms with van der Waals surface area (Å²) >= 11 is 1.80. The Morgan fingerprint density at radius 1 is 1.35 bits per heavy atom. The molecule has 2 aromatic rings. The number of amides is 4. The van der Waals surface area contributed by atoms with Gasteiger partial charge in [0.1, 0.15) is 6.04 Å². The van der Waals surface area contributed by atoms with Gasteiger partial charge in [0, 0.05) is 36.6 Å². The zero-order chi connectivity index (χ0) is 23.9. The Kier molecular flexibility index (Phi) is 5.86. The van der Waals surface area contributed by atoms with Crippen molar-refractivity contribution in [2.75, 3.05) is 24.7 Å². The molecule has 4 heterocycles. The van der Waals surface area contributed by atoms with Gasteiger partial charge in [0.15, 0.2) is 5.69 Å². The molecule has 34 heavy (non-hydrogen) atoms. The monoisotopic (exact) mass is 484 g/mol. The van der Waals surface area contributed by atoms with Crippen LogP contribution in [0.15, 0.2) is 24.4 Å². The molecule has 5 rings (SSSR count). The summed E-state index contributed by atoms with van der Waals surface area (Å²) < 4.78 is 7.27. The predicted octanol–water partition coefficient (Wildman–Crippen LogP) is 0.280.